The molecule has 0 bridgehead atoms. The Morgan fingerprint density at radius 2 is 2.14 bits per heavy atom. The van der Waals surface area contributed by atoms with Crippen molar-refractivity contribution in [3.8, 4) is 0 Å². The van der Waals surface area contributed by atoms with E-state index in [4.69, 9.17) is 17.3 Å². The summed E-state index contributed by atoms with van der Waals surface area (Å²) in [7, 11) is 0. The Balaban J connectivity index is 0.00000161. The summed E-state index contributed by atoms with van der Waals surface area (Å²) < 4.78 is 0. The van der Waals surface area contributed by atoms with Gasteiger partial charge in [0.1, 0.15) is 0 Å². The van der Waals surface area contributed by atoms with Crippen molar-refractivity contribution in [1.29, 1.82) is 0 Å². The molecule has 0 spiro atoms. The van der Waals surface area contributed by atoms with Crippen LogP contribution in [0.3, 0.4) is 0 Å². The first-order valence-electron chi connectivity index (χ1n) is 6.85. The van der Waals surface area contributed by atoms with E-state index in [1.807, 2.05) is 24.4 Å². The predicted molar refractivity (Wildman–Crippen MR) is 92.2 cm³/mol. The Bertz CT molecular complexity index is 598. The molecule has 0 amide bonds. The first-order valence-corrected chi connectivity index (χ1v) is 8.05. The zero-order valence-corrected chi connectivity index (χ0v) is 14.2. The number of hydrogen-bond acceptors (Lipinski definition) is 4. The van der Waals surface area contributed by atoms with Gasteiger partial charge in [0, 0.05) is 34.7 Å². The average molecular weight is 344 g/mol. The van der Waals surface area contributed by atoms with E-state index in [0.717, 1.165) is 11.6 Å². The molecule has 2 aromatic rings. The maximum Gasteiger partial charge on any atom is 0.180 e. The number of aromatic nitrogens is 1. The molecule has 1 unspecified atom stereocenters. The molecule has 3 rings (SSSR count). The Morgan fingerprint density at radius 3 is 2.71 bits per heavy atom. The monoisotopic (exact) mass is 343 g/mol. The van der Waals surface area contributed by atoms with Crippen molar-refractivity contribution in [3.05, 3.63) is 45.9 Å². The third kappa shape index (κ3) is 3.89. The number of thiazole rings is 1. The molecule has 21 heavy (non-hydrogen) atoms. The molecule has 114 valence electrons. The van der Waals surface area contributed by atoms with E-state index in [-0.39, 0.29) is 12.4 Å². The molecule has 1 aliphatic rings. The first-order chi connectivity index (χ1) is 9.65. The Kier molecular flexibility index (Phi) is 5.49. The van der Waals surface area contributed by atoms with Crippen molar-refractivity contribution in [2.45, 2.75) is 38.4 Å². The Morgan fingerprint density at radius 1 is 1.43 bits per heavy atom. The second-order valence-corrected chi connectivity index (χ2v) is 6.82. The molecule has 1 atom stereocenters. The summed E-state index contributed by atoms with van der Waals surface area (Å²) in [6, 6.07) is 9.06. The molecule has 1 heterocycles. The van der Waals surface area contributed by atoms with E-state index >= 15 is 0 Å². The van der Waals surface area contributed by atoms with Gasteiger partial charge >= 0.3 is 0 Å². The molecule has 0 saturated heterocycles. The highest BCUT2D eigenvalue weighted by molar-refractivity contribution is 7.15. The highest BCUT2D eigenvalue weighted by Gasteiger charge is 2.33. The lowest BCUT2D eigenvalue weighted by molar-refractivity contribution is 0.192. The number of benzene rings is 1. The van der Waals surface area contributed by atoms with Gasteiger partial charge in [-0.05, 0) is 31.4 Å². The number of halogens is 2. The maximum absolute atomic E-state index is 6.34. The van der Waals surface area contributed by atoms with Gasteiger partial charge in [-0.1, -0.05) is 29.8 Å². The Labute approximate surface area is 140 Å². The van der Waals surface area contributed by atoms with Gasteiger partial charge in [-0.15, -0.1) is 23.7 Å². The van der Waals surface area contributed by atoms with E-state index in [0.29, 0.717) is 17.2 Å². The van der Waals surface area contributed by atoms with E-state index < -0.39 is 0 Å². The third-order valence-corrected chi connectivity index (χ3v) is 4.93. The van der Waals surface area contributed by atoms with E-state index in [9.17, 15) is 0 Å². The van der Waals surface area contributed by atoms with Gasteiger partial charge in [0.05, 0.1) is 0 Å². The average Bonchev–Trinajstić information content (AvgIpc) is 3.19. The summed E-state index contributed by atoms with van der Waals surface area (Å²) in [6.07, 6.45) is 4.42. The fraction of sp³-hybridized carbons (Fsp3) is 0.400. The van der Waals surface area contributed by atoms with Gasteiger partial charge < -0.3 is 5.73 Å². The number of rotatable bonds is 5. The van der Waals surface area contributed by atoms with Gasteiger partial charge in [-0.25, -0.2) is 4.98 Å². The second kappa shape index (κ2) is 6.97. The smallest absolute Gasteiger partial charge is 0.180 e. The zero-order chi connectivity index (χ0) is 14.1. The summed E-state index contributed by atoms with van der Waals surface area (Å²) >= 11 is 7.91. The van der Waals surface area contributed by atoms with Crippen LogP contribution in [0.5, 0.6) is 0 Å². The minimum atomic E-state index is 0. The van der Waals surface area contributed by atoms with Gasteiger partial charge in [0.15, 0.2) is 5.13 Å². The van der Waals surface area contributed by atoms with Crippen LogP contribution in [0.2, 0.25) is 5.02 Å². The van der Waals surface area contributed by atoms with Gasteiger partial charge in [0.2, 0.25) is 0 Å². The van der Waals surface area contributed by atoms with E-state index in [1.165, 1.54) is 23.3 Å². The van der Waals surface area contributed by atoms with Crippen molar-refractivity contribution in [1.82, 2.24) is 9.88 Å². The molecule has 1 aromatic heterocycles. The summed E-state index contributed by atoms with van der Waals surface area (Å²) in [5, 5.41) is 1.48. The lowest BCUT2D eigenvalue weighted by Crippen LogP contribution is -2.28. The van der Waals surface area contributed by atoms with Crippen LogP contribution < -0.4 is 5.73 Å². The van der Waals surface area contributed by atoms with Gasteiger partial charge in [-0.3, -0.25) is 4.90 Å². The Hall–Kier alpha value is -0.810. The highest BCUT2D eigenvalue weighted by atomic mass is 35.5. The SMILES string of the molecule is CC(c1ccccc1Cl)N(Cc1cnc(N)s1)C1CC1.Cl. The van der Waals surface area contributed by atoms with Crippen LogP contribution in [0, 0.1) is 0 Å². The molecular formula is C15H19Cl2N3S. The molecule has 2 N–H and O–H groups in total. The third-order valence-electron chi connectivity index (χ3n) is 3.78. The van der Waals surface area contributed by atoms with E-state index in [2.05, 4.69) is 22.9 Å². The van der Waals surface area contributed by atoms with Crippen molar-refractivity contribution >= 4 is 40.5 Å². The lowest BCUT2D eigenvalue weighted by Gasteiger charge is -2.29. The van der Waals surface area contributed by atoms with Crippen LogP contribution >= 0.6 is 35.3 Å². The molecule has 1 fully saturated rings. The van der Waals surface area contributed by atoms with Crippen molar-refractivity contribution in [2.24, 2.45) is 0 Å². The van der Waals surface area contributed by atoms with Crippen LogP contribution in [0.1, 0.15) is 36.2 Å². The summed E-state index contributed by atoms with van der Waals surface area (Å²) in [5.41, 5.74) is 6.92. The van der Waals surface area contributed by atoms with Crippen LogP contribution in [0.25, 0.3) is 0 Å². The van der Waals surface area contributed by atoms with Gasteiger partial charge in [0.25, 0.3) is 0 Å². The minimum Gasteiger partial charge on any atom is -0.375 e. The molecule has 1 aliphatic carbocycles. The summed E-state index contributed by atoms with van der Waals surface area (Å²) in [6.45, 7) is 3.12. The summed E-state index contributed by atoms with van der Waals surface area (Å²) in [4.78, 5) is 7.87. The number of hydrogen-bond donors (Lipinski definition) is 1. The largest absolute Gasteiger partial charge is 0.375 e. The van der Waals surface area contributed by atoms with Crippen molar-refractivity contribution in [3.63, 3.8) is 0 Å². The standard InChI is InChI=1S/C15H18ClN3S.ClH/c1-10(13-4-2-3-5-14(13)16)19(11-6-7-11)9-12-8-18-15(17)20-12;/h2-5,8,10-11H,6-7,9H2,1H3,(H2,17,18);1H. The second-order valence-electron chi connectivity index (χ2n) is 5.27. The molecule has 6 heteroatoms. The fourth-order valence-electron chi connectivity index (χ4n) is 2.56. The molecule has 1 aromatic carbocycles. The molecule has 0 radical (unpaired) electrons. The van der Waals surface area contributed by atoms with Crippen LogP contribution in [0.15, 0.2) is 30.5 Å². The molecule has 0 aliphatic heterocycles. The normalized spacial score (nSPS) is 15.8. The zero-order valence-electron chi connectivity index (χ0n) is 11.8. The molecule has 3 nitrogen and oxygen atoms in total. The number of nitrogens with two attached hydrogens (primary N) is 1. The highest BCUT2D eigenvalue weighted by Crippen LogP contribution is 2.38. The molecular weight excluding hydrogens is 325 g/mol. The fourth-order valence-corrected chi connectivity index (χ4v) is 3.54. The van der Waals surface area contributed by atoms with Crippen LogP contribution in [-0.2, 0) is 6.54 Å². The maximum atomic E-state index is 6.34. The lowest BCUT2D eigenvalue weighted by atomic mass is 10.1. The summed E-state index contributed by atoms with van der Waals surface area (Å²) in [5.74, 6) is 0. The van der Waals surface area contributed by atoms with Crippen molar-refractivity contribution in [2.75, 3.05) is 5.73 Å². The topological polar surface area (TPSA) is 42.2 Å². The van der Waals surface area contributed by atoms with Crippen LogP contribution in [-0.4, -0.2) is 15.9 Å². The first kappa shape index (κ1) is 16.6. The van der Waals surface area contributed by atoms with E-state index in [1.54, 1.807) is 11.3 Å². The quantitative estimate of drug-likeness (QED) is 0.867. The predicted octanol–water partition coefficient (Wildman–Crippen LogP) is 4.53. The van der Waals surface area contributed by atoms with Gasteiger partial charge in [-0.2, -0.15) is 0 Å². The van der Waals surface area contributed by atoms with Crippen molar-refractivity contribution < 1.29 is 0 Å². The number of nitrogens with zero attached hydrogens (tertiary/aromatic N) is 2. The molecule has 1 saturated carbocycles. The minimum absolute atomic E-state index is 0. The van der Waals surface area contributed by atoms with Crippen LogP contribution in [0.4, 0.5) is 5.13 Å². The number of nitrogen functional groups attached to an aromatic ring is 1. The number of anilines is 1.